The van der Waals surface area contributed by atoms with E-state index in [9.17, 15) is 9.59 Å². The van der Waals surface area contributed by atoms with E-state index in [1.807, 2.05) is 25.1 Å². The summed E-state index contributed by atoms with van der Waals surface area (Å²) in [6.07, 6.45) is 1.58. The molecule has 0 radical (unpaired) electrons. The maximum absolute atomic E-state index is 12.2. The van der Waals surface area contributed by atoms with E-state index < -0.39 is 5.60 Å². The van der Waals surface area contributed by atoms with E-state index in [0.29, 0.717) is 25.3 Å². The Hall–Kier alpha value is -1.88. The number of amides is 1. The molecule has 2 aliphatic heterocycles. The normalized spacial score (nSPS) is 24.0. The molecule has 0 bridgehead atoms. The molecule has 0 aliphatic carbocycles. The molecular weight excluding hydrogens is 270 g/mol. The minimum absolute atomic E-state index is 0.0450. The molecule has 21 heavy (non-hydrogen) atoms. The molecule has 112 valence electrons. The summed E-state index contributed by atoms with van der Waals surface area (Å²) in [6, 6.07) is 7.45. The molecule has 1 unspecified atom stereocenters. The van der Waals surface area contributed by atoms with Crippen LogP contribution in [0, 0.1) is 0 Å². The lowest BCUT2D eigenvalue weighted by molar-refractivity contribution is -0.143. The minimum Gasteiger partial charge on any atom is -0.449 e. The summed E-state index contributed by atoms with van der Waals surface area (Å²) in [7, 11) is 0. The monoisotopic (exact) mass is 289 g/mol. The predicted molar refractivity (Wildman–Crippen MR) is 75.8 cm³/mol. The van der Waals surface area contributed by atoms with Crippen molar-refractivity contribution in [3.8, 4) is 0 Å². The second-order valence-electron chi connectivity index (χ2n) is 5.49. The van der Waals surface area contributed by atoms with Crippen LogP contribution in [0.15, 0.2) is 24.3 Å². The van der Waals surface area contributed by atoms with Crippen LogP contribution < -0.4 is 0 Å². The number of esters is 1. The highest BCUT2D eigenvalue weighted by Gasteiger charge is 2.48. The van der Waals surface area contributed by atoms with E-state index in [1.54, 1.807) is 11.0 Å². The standard InChI is InChI=1S/C16H19NO4/c1-2-20-10-14(18)17-9-5-8-16(11-17)13-7-4-3-6-12(13)15(19)21-16/h3-4,6-7H,2,5,8-11H2,1H3. The van der Waals surface area contributed by atoms with E-state index in [4.69, 9.17) is 9.47 Å². The van der Waals surface area contributed by atoms with Gasteiger partial charge >= 0.3 is 5.97 Å². The van der Waals surface area contributed by atoms with Gasteiger partial charge in [0, 0.05) is 18.7 Å². The summed E-state index contributed by atoms with van der Waals surface area (Å²) in [5, 5.41) is 0. The zero-order chi connectivity index (χ0) is 14.9. The molecule has 2 heterocycles. The lowest BCUT2D eigenvalue weighted by Gasteiger charge is -2.39. The maximum Gasteiger partial charge on any atom is 0.339 e. The van der Waals surface area contributed by atoms with Crippen LogP contribution in [0.1, 0.15) is 35.7 Å². The first-order valence-corrected chi connectivity index (χ1v) is 7.35. The van der Waals surface area contributed by atoms with Crippen molar-refractivity contribution in [2.24, 2.45) is 0 Å². The number of hydrogen-bond acceptors (Lipinski definition) is 4. The van der Waals surface area contributed by atoms with Crippen LogP contribution in [0.4, 0.5) is 0 Å². The quantitative estimate of drug-likeness (QED) is 0.795. The number of piperidine rings is 1. The Morgan fingerprint density at radius 3 is 3.05 bits per heavy atom. The molecule has 5 nitrogen and oxygen atoms in total. The molecule has 1 saturated heterocycles. The molecule has 1 fully saturated rings. The smallest absolute Gasteiger partial charge is 0.339 e. The number of nitrogens with zero attached hydrogens (tertiary/aromatic N) is 1. The van der Waals surface area contributed by atoms with Crippen molar-refractivity contribution in [1.29, 1.82) is 0 Å². The van der Waals surface area contributed by atoms with Gasteiger partial charge in [-0.15, -0.1) is 0 Å². The van der Waals surface area contributed by atoms with E-state index in [1.165, 1.54) is 0 Å². The van der Waals surface area contributed by atoms with Crippen LogP contribution in [-0.4, -0.2) is 43.1 Å². The second-order valence-corrected chi connectivity index (χ2v) is 5.49. The number of hydrogen-bond donors (Lipinski definition) is 0. The van der Waals surface area contributed by atoms with Gasteiger partial charge in [0.25, 0.3) is 0 Å². The Bertz CT molecular complexity index is 571. The van der Waals surface area contributed by atoms with E-state index in [-0.39, 0.29) is 18.5 Å². The summed E-state index contributed by atoms with van der Waals surface area (Å²) < 4.78 is 10.9. The highest BCUT2D eigenvalue weighted by molar-refractivity contribution is 5.95. The molecule has 1 atom stereocenters. The van der Waals surface area contributed by atoms with Crippen molar-refractivity contribution in [3.05, 3.63) is 35.4 Å². The number of carbonyl (C=O) groups is 2. The highest BCUT2D eigenvalue weighted by Crippen LogP contribution is 2.42. The summed E-state index contributed by atoms with van der Waals surface area (Å²) in [4.78, 5) is 25.9. The molecule has 3 rings (SSSR count). The predicted octanol–water partition coefficient (Wildman–Crippen LogP) is 1.71. The molecule has 1 spiro atoms. The molecule has 0 aromatic heterocycles. The molecule has 0 N–H and O–H groups in total. The Morgan fingerprint density at radius 1 is 1.43 bits per heavy atom. The zero-order valence-electron chi connectivity index (χ0n) is 12.1. The number of carbonyl (C=O) groups excluding carboxylic acids is 2. The fraction of sp³-hybridized carbons (Fsp3) is 0.500. The lowest BCUT2D eigenvalue weighted by Crippen LogP contribution is -2.49. The first-order chi connectivity index (χ1) is 10.2. The summed E-state index contributed by atoms with van der Waals surface area (Å²) in [5.74, 6) is -0.332. The van der Waals surface area contributed by atoms with Crippen molar-refractivity contribution < 1.29 is 19.1 Å². The van der Waals surface area contributed by atoms with Crippen molar-refractivity contribution in [3.63, 3.8) is 0 Å². The van der Waals surface area contributed by atoms with Crippen LogP contribution in [0.3, 0.4) is 0 Å². The third-order valence-corrected chi connectivity index (χ3v) is 4.16. The third-order valence-electron chi connectivity index (χ3n) is 4.16. The van der Waals surface area contributed by atoms with Crippen LogP contribution in [0.2, 0.25) is 0 Å². The highest BCUT2D eigenvalue weighted by atomic mass is 16.6. The largest absolute Gasteiger partial charge is 0.449 e. The average Bonchev–Trinajstić information content (AvgIpc) is 2.78. The fourth-order valence-electron chi connectivity index (χ4n) is 3.16. The molecule has 0 saturated carbocycles. The Labute approximate surface area is 123 Å². The van der Waals surface area contributed by atoms with Gasteiger partial charge in [-0.2, -0.15) is 0 Å². The summed E-state index contributed by atoms with van der Waals surface area (Å²) in [6.45, 7) is 3.57. The number of benzene rings is 1. The number of likely N-dealkylation sites (tertiary alicyclic amines) is 1. The summed E-state index contributed by atoms with van der Waals surface area (Å²) >= 11 is 0. The topological polar surface area (TPSA) is 55.8 Å². The van der Waals surface area contributed by atoms with Gasteiger partial charge in [-0.1, -0.05) is 18.2 Å². The van der Waals surface area contributed by atoms with Gasteiger partial charge < -0.3 is 14.4 Å². The molecule has 1 amide bonds. The van der Waals surface area contributed by atoms with E-state index >= 15 is 0 Å². The second kappa shape index (κ2) is 5.48. The van der Waals surface area contributed by atoms with E-state index in [0.717, 1.165) is 18.4 Å². The lowest BCUT2D eigenvalue weighted by atomic mass is 9.85. The van der Waals surface area contributed by atoms with Gasteiger partial charge in [0.15, 0.2) is 5.60 Å². The zero-order valence-corrected chi connectivity index (χ0v) is 12.1. The fourth-order valence-corrected chi connectivity index (χ4v) is 3.16. The van der Waals surface area contributed by atoms with E-state index in [2.05, 4.69) is 0 Å². The molecular formula is C16H19NO4. The maximum atomic E-state index is 12.2. The van der Waals surface area contributed by atoms with Crippen LogP contribution in [-0.2, 0) is 19.9 Å². The number of fused-ring (bicyclic) bond motifs is 2. The number of ether oxygens (including phenoxy) is 2. The van der Waals surface area contributed by atoms with Crippen molar-refractivity contribution in [2.75, 3.05) is 26.3 Å². The van der Waals surface area contributed by atoms with Crippen LogP contribution >= 0.6 is 0 Å². The molecule has 1 aromatic rings. The molecule has 2 aliphatic rings. The van der Waals surface area contributed by atoms with Gasteiger partial charge in [-0.25, -0.2) is 4.79 Å². The Balaban J connectivity index is 1.83. The number of rotatable bonds is 3. The Kier molecular flexibility index (Phi) is 3.68. The van der Waals surface area contributed by atoms with Gasteiger partial charge in [0.1, 0.15) is 6.61 Å². The first kappa shape index (κ1) is 14.1. The Morgan fingerprint density at radius 2 is 2.24 bits per heavy atom. The van der Waals surface area contributed by atoms with Crippen molar-refractivity contribution in [2.45, 2.75) is 25.4 Å². The molecule has 5 heteroatoms. The molecule has 1 aromatic carbocycles. The summed E-state index contributed by atoms with van der Waals surface area (Å²) in [5.41, 5.74) is 0.855. The van der Waals surface area contributed by atoms with Gasteiger partial charge in [-0.3, -0.25) is 4.79 Å². The third kappa shape index (κ3) is 2.42. The average molecular weight is 289 g/mol. The SMILES string of the molecule is CCOCC(=O)N1CCCC2(C1)OC(=O)c1ccccc12. The minimum atomic E-state index is -0.673. The first-order valence-electron chi connectivity index (χ1n) is 7.35. The van der Waals surface area contributed by atoms with Crippen molar-refractivity contribution >= 4 is 11.9 Å². The van der Waals surface area contributed by atoms with Crippen molar-refractivity contribution in [1.82, 2.24) is 4.90 Å². The van der Waals surface area contributed by atoms with Gasteiger partial charge in [0.05, 0.1) is 12.1 Å². The van der Waals surface area contributed by atoms with Gasteiger partial charge in [0.2, 0.25) is 5.91 Å². The van der Waals surface area contributed by atoms with Crippen LogP contribution in [0.25, 0.3) is 0 Å². The van der Waals surface area contributed by atoms with Gasteiger partial charge in [-0.05, 0) is 25.8 Å². The van der Waals surface area contributed by atoms with Crippen LogP contribution in [0.5, 0.6) is 0 Å².